The Morgan fingerprint density at radius 3 is 1.43 bits per heavy atom. The summed E-state index contributed by atoms with van der Waals surface area (Å²) in [5.41, 5.74) is 0. The lowest BCUT2D eigenvalue weighted by Crippen LogP contribution is -2.18. The number of hydrogen-bond donors (Lipinski definition) is 1. The van der Waals surface area contributed by atoms with Crippen LogP contribution in [0.5, 0.6) is 0 Å². The average Bonchev–Trinajstić information content (AvgIpc) is 3.00. The van der Waals surface area contributed by atoms with Gasteiger partial charge in [-0.1, -0.05) is 138 Å². The van der Waals surface area contributed by atoms with Crippen LogP contribution in [0.3, 0.4) is 0 Å². The molecular weight excluding hydrogens is 544 g/mol. The Hall–Kier alpha value is -2.62. The quantitative estimate of drug-likeness (QED) is 0.0482. The Morgan fingerprint density at radius 1 is 0.523 bits per heavy atom. The van der Waals surface area contributed by atoms with E-state index in [2.05, 4.69) is 86.8 Å². The molecule has 1 unspecified atom stereocenters. The Balaban J connectivity index is 3.73. The van der Waals surface area contributed by atoms with Crippen molar-refractivity contribution in [3.8, 4) is 0 Å². The SMILES string of the molecule is CC/C=C\C/C=C\C/C=C\C/C=C\C/C=C\C/C=C\CCCCC(=O)OC(CCC)CCCCCCCCCCCC(=O)O. The van der Waals surface area contributed by atoms with Crippen LogP contribution < -0.4 is 0 Å². The third-order valence-corrected chi connectivity index (χ3v) is 7.42. The first-order valence-electron chi connectivity index (χ1n) is 17.9. The first kappa shape index (κ1) is 41.4. The molecule has 0 rings (SSSR count). The predicted molar refractivity (Wildman–Crippen MR) is 190 cm³/mol. The molecule has 0 fully saturated rings. The van der Waals surface area contributed by atoms with Gasteiger partial charge in [-0.15, -0.1) is 0 Å². The first-order valence-corrected chi connectivity index (χ1v) is 17.9. The first-order chi connectivity index (χ1) is 21.6. The number of hydrogen-bond acceptors (Lipinski definition) is 3. The maximum atomic E-state index is 12.4. The largest absolute Gasteiger partial charge is 0.481 e. The van der Waals surface area contributed by atoms with E-state index in [1.165, 1.54) is 32.1 Å². The van der Waals surface area contributed by atoms with Crippen molar-refractivity contribution in [1.29, 1.82) is 0 Å². The highest BCUT2D eigenvalue weighted by Crippen LogP contribution is 2.16. The number of esters is 1. The predicted octanol–water partition coefficient (Wildman–Crippen LogP) is 12.3. The van der Waals surface area contributed by atoms with Gasteiger partial charge in [-0.3, -0.25) is 9.59 Å². The number of rotatable bonds is 31. The zero-order valence-electron chi connectivity index (χ0n) is 28.4. The molecule has 4 heteroatoms. The number of unbranched alkanes of at least 4 members (excludes halogenated alkanes) is 10. The van der Waals surface area contributed by atoms with Gasteiger partial charge in [-0.05, 0) is 83.5 Å². The summed E-state index contributed by atoms with van der Waals surface area (Å²) in [6, 6.07) is 0. The molecule has 0 aliphatic carbocycles. The lowest BCUT2D eigenvalue weighted by molar-refractivity contribution is -0.150. The van der Waals surface area contributed by atoms with Crippen LogP contribution in [0.1, 0.15) is 162 Å². The van der Waals surface area contributed by atoms with Crippen LogP contribution in [0.25, 0.3) is 0 Å². The minimum atomic E-state index is -0.686. The highest BCUT2D eigenvalue weighted by Gasteiger charge is 2.13. The molecule has 0 aromatic heterocycles. The molecule has 0 saturated carbocycles. The molecular formula is C40H66O4. The Morgan fingerprint density at radius 2 is 0.955 bits per heavy atom. The van der Waals surface area contributed by atoms with Crippen molar-refractivity contribution in [2.45, 2.75) is 168 Å². The van der Waals surface area contributed by atoms with E-state index >= 15 is 0 Å². The van der Waals surface area contributed by atoms with E-state index < -0.39 is 5.97 Å². The summed E-state index contributed by atoms with van der Waals surface area (Å²) in [6.07, 6.45) is 49.7. The molecule has 0 spiro atoms. The molecule has 1 atom stereocenters. The third kappa shape index (κ3) is 33.9. The summed E-state index contributed by atoms with van der Waals surface area (Å²) in [4.78, 5) is 22.9. The van der Waals surface area contributed by atoms with E-state index in [1.54, 1.807) is 0 Å². The summed E-state index contributed by atoms with van der Waals surface area (Å²) in [7, 11) is 0. The van der Waals surface area contributed by atoms with E-state index in [4.69, 9.17) is 9.84 Å². The zero-order valence-corrected chi connectivity index (χ0v) is 28.4. The molecule has 0 aromatic carbocycles. The molecule has 0 heterocycles. The van der Waals surface area contributed by atoms with Gasteiger partial charge < -0.3 is 9.84 Å². The molecule has 0 aliphatic heterocycles. The summed E-state index contributed by atoms with van der Waals surface area (Å²) in [5.74, 6) is -0.719. The van der Waals surface area contributed by atoms with Crippen LogP contribution in [0.2, 0.25) is 0 Å². The number of carboxylic acid groups (broad SMARTS) is 1. The average molecular weight is 611 g/mol. The minimum absolute atomic E-state index is 0.0332. The van der Waals surface area contributed by atoms with Gasteiger partial charge >= 0.3 is 11.9 Å². The molecule has 0 aromatic rings. The maximum absolute atomic E-state index is 12.4. The molecule has 250 valence electrons. The van der Waals surface area contributed by atoms with Crippen molar-refractivity contribution < 1.29 is 19.4 Å². The zero-order chi connectivity index (χ0) is 32.2. The van der Waals surface area contributed by atoms with E-state index in [-0.39, 0.29) is 12.1 Å². The number of carboxylic acids is 1. The lowest BCUT2D eigenvalue weighted by atomic mass is 10.0. The van der Waals surface area contributed by atoms with Gasteiger partial charge in [0.15, 0.2) is 0 Å². The van der Waals surface area contributed by atoms with Gasteiger partial charge in [0.2, 0.25) is 0 Å². The fourth-order valence-corrected chi connectivity index (χ4v) is 4.89. The fourth-order valence-electron chi connectivity index (χ4n) is 4.89. The highest BCUT2D eigenvalue weighted by atomic mass is 16.5. The van der Waals surface area contributed by atoms with Crippen molar-refractivity contribution >= 4 is 11.9 Å². The summed E-state index contributed by atoms with van der Waals surface area (Å²) in [5, 5.41) is 8.67. The third-order valence-electron chi connectivity index (χ3n) is 7.42. The van der Waals surface area contributed by atoms with Crippen molar-refractivity contribution in [2.24, 2.45) is 0 Å². The summed E-state index contributed by atoms with van der Waals surface area (Å²) in [6.45, 7) is 4.31. The molecule has 4 nitrogen and oxygen atoms in total. The Kier molecular flexibility index (Phi) is 32.8. The van der Waals surface area contributed by atoms with E-state index in [1.807, 2.05) is 0 Å². The van der Waals surface area contributed by atoms with Gasteiger partial charge in [0.1, 0.15) is 6.10 Å². The summed E-state index contributed by atoms with van der Waals surface area (Å²) >= 11 is 0. The maximum Gasteiger partial charge on any atom is 0.306 e. The van der Waals surface area contributed by atoms with E-state index in [9.17, 15) is 9.59 Å². The van der Waals surface area contributed by atoms with Crippen LogP contribution in [-0.2, 0) is 14.3 Å². The van der Waals surface area contributed by atoms with Crippen LogP contribution >= 0.6 is 0 Å². The van der Waals surface area contributed by atoms with Gasteiger partial charge in [-0.25, -0.2) is 0 Å². The van der Waals surface area contributed by atoms with Gasteiger partial charge in [0, 0.05) is 12.8 Å². The number of allylic oxidation sites excluding steroid dienone is 12. The number of ether oxygens (including phenoxy) is 1. The van der Waals surface area contributed by atoms with Crippen LogP contribution in [-0.4, -0.2) is 23.1 Å². The van der Waals surface area contributed by atoms with E-state index in [0.717, 1.165) is 103 Å². The molecule has 0 aliphatic rings. The number of aliphatic carboxylic acids is 1. The minimum Gasteiger partial charge on any atom is -0.481 e. The van der Waals surface area contributed by atoms with Crippen LogP contribution in [0.15, 0.2) is 72.9 Å². The topological polar surface area (TPSA) is 63.6 Å². The normalized spacial score (nSPS) is 13.1. The second kappa shape index (κ2) is 34.9. The summed E-state index contributed by atoms with van der Waals surface area (Å²) < 4.78 is 5.81. The van der Waals surface area contributed by atoms with Gasteiger partial charge in [-0.2, -0.15) is 0 Å². The smallest absolute Gasteiger partial charge is 0.306 e. The van der Waals surface area contributed by atoms with E-state index in [0.29, 0.717) is 12.8 Å². The fraction of sp³-hybridized carbons (Fsp3) is 0.650. The van der Waals surface area contributed by atoms with Gasteiger partial charge in [0.05, 0.1) is 0 Å². The second-order valence-electron chi connectivity index (χ2n) is 11.7. The molecule has 0 saturated heterocycles. The standard InChI is InChI=1S/C40H66O4/c1-3-5-6-7-8-9-10-11-12-13-14-15-16-17-18-19-20-24-27-30-33-37-40(43)44-38(34-4-2)35-31-28-25-22-21-23-26-29-32-36-39(41)42/h5-6,8-9,11-12,14-15,17-18,20,24,38H,3-4,7,10,13,16,19,21-23,25-37H2,1-2H3,(H,41,42)/b6-5-,9-8-,12-11-,15-14-,18-17-,24-20-. The number of carbonyl (C=O) groups is 2. The number of carbonyl (C=O) groups excluding carboxylic acids is 1. The van der Waals surface area contributed by atoms with Crippen LogP contribution in [0, 0.1) is 0 Å². The van der Waals surface area contributed by atoms with Crippen molar-refractivity contribution in [2.75, 3.05) is 0 Å². The van der Waals surface area contributed by atoms with Crippen molar-refractivity contribution in [1.82, 2.24) is 0 Å². The molecule has 1 N–H and O–H groups in total. The van der Waals surface area contributed by atoms with Gasteiger partial charge in [0.25, 0.3) is 0 Å². The van der Waals surface area contributed by atoms with Crippen LogP contribution in [0.4, 0.5) is 0 Å². The highest BCUT2D eigenvalue weighted by molar-refractivity contribution is 5.69. The Bertz CT molecular complexity index is 830. The molecule has 0 bridgehead atoms. The molecule has 0 amide bonds. The monoisotopic (exact) mass is 610 g/mol. The van der Waals surface area contributed by atoms with Crippen molar-refractivity contribution in [3.05, 3.63) is 72.9 Å². The Labute approximate surface area is 271 Å². The second-order valence-corrected chi connectivity index (χ2v) is 11.7. The molecule has 0 radical (unpaired) electrons. The molecule has 44 heavy (non-hydrogen) atoms. The van der Waals surface area contributed by atoms with Crippen molar-refractivity contribution in [3.63, 3.8) is 0 Å². The lowest BCUT2D eigenvalue weighted by Gasteiger charge is -2.17.